The van der Waals surface area contributed by atoms with Crippen molar-refractivity contribution in [2.75, 3.05) is 12.9 Å². The number of nitrogens with zero attached hydrogens (tertiary/aromatic N) is 1. The fourth-order valence-corrected chi connectivity index (χ4v) is 4.46. The second kappa shape index (κ2) is 8.05. The Morgan fingerprint density at radius 2 is 2.12 bits per heavy atom. The zero-order chi connectivity index (χ0) is 17.8. The first kappa shape index (κ1) is 18.0. The lowest BCUT2D eigenvalue weighted by atomic mass is 10.00. The molecule has 2 atom stereocenters. The minimum absolute atomic E-state index is 0.0410. The molecule has 1 amide bonds. The van der Waals surface area contributed by atoms with Crippen LogP contribution in [0.5, 0.6) is 5.75 Å². The maximum absolute atomic E-state index is 12.1. The quantitative estimate of drug-likeness (QED) is 0.568. The number of hydrogen-bond acceptors (Lipinski definition) is 6. The molecular formula is C17H23N3O4S. The van der Waals surface area contributed by atoms with Gasteiger partial charge in [-0.3, -0.25) is 14.9 Å². The van der Waals surface area contributed by atoms with Gasteiger partial charge in [0.15, 0.2) is 5.75 Å². The van der Waals surface area contributed by atoms with Crippen LogP contribution in [0.25, 0.3) is 0 Å². The van der Waals surface area contributed by atoms with E-state index in [2.05, 4.69) is 10.6 Å². The first-order valence-electron chi connectivity index (χ1n) is 8.49. The number of benzene rings is 1. The molecule has 3 rings (SSSR count). The summed E-state index contributed by atoms with van der Waals surface area (Å²) in [5.41, 5.74) is 0.764. The van der Waals surface area contributed by atoms with Crippen molar-refractivity contribution >= 4 is 23.4 Å². The van der Waals surface area contributed by atoms with Crippen LogP contribution in [0.4, 0.5) is 5.69 Å². The lowest BCUT2D eigenvalue weighted by Crippen LogP contribution is -2.48. The van der Waals surface area contributed by atoms with Gasteiger partial charge in [0.05, 0.1) is 17.8 Å². The van der Waals surface area contributed by atoms with Gasteiger partial charge in [0, 0.05) is 29.9 Å². The highest BCUT2D eigenvalue weighted by Crippen LogP contribution is 2.29. The van der Waals surface area contributed by atoms with E-state index in [1.54, 1.807) is 12.1 Å². The third-order valence-electron chi connectivity index (χ3n) is 4.78. The van der Waals surface area contributed by atoms with E-state index in [4.69, 9.17) is 4.74 Å². The normalized spacial score (nSPS) is 24.8. The standard InChI is InChI=1S/C17H23N3O4S/c1-24-16-5-2-11(6-15(16)20(22)23)9-25-10-17(21)19-14-7-12-3-4-13(8-14)18-12/h2,5-6,12-14,18H,3-4,7-10H2,1H3,(H,19,21). The number of nitro benzene ring substituents is 1. The number of ether oxygens (including phenoxy) is 1. The van der Waals surface area contributed by atoms with Crippen molar-refractivity contribution in [1.82, 2.24) is 10.6 Å². The molecule has 2 fully saturated rings. The Hall–Kier alpha value is -1.80. The van der Waals surface area contributed by atoms with E-state index in [9.17, 15) is 14.9 Å². The molecule has 0 saturated carbocycles. The summed E-state index contributed by atoms with van der Waals surface area (Å²) in [5, 5.41) is 17.7. The van der Waals surface area contributed by atoms with Gasteiger partial charge in [-0.25, -0.2) is 0 Å². The molecule has 2 heterocycles. The molecule has 2 aliphatic heterocycles. The summed E-state index contributed by atoms with van der Waals surface area (Å²) < 4.78 is 4.99. The number of amides is 1. The number of carbonyl (C=O) groups is 1. The fourth-order valence-electron chi connectivity index (χ4n) is 3.67. The van der Waals surface area contributed by atoms with Crippen LogP contribution >= 0.6 is 11.8 Å². The smallest absolute Gasteiger partial charge is 0.311 e. The second-order valence-corrected chi connectivity index (χ2v) is 7.62. The summed E-state index contributed by atoms with van der Waals surface area (Å²) in [5.74, 6) is 1.20. The van der Waals surface area contributed by atoms with Crippen molar-refractivity contribution in [3.05, 3.63) is 33.9 Å². The number of piperidine rings is 1. The Kier molecular flexibility index (Phi) is 5.80. The lowest BCUT2D eigenvalue weighted by Gasteiger charge is -2.29. The van der Waals surface area contributed by atoms with Crippen LogP contribution in [0.2, 0.25) is 0 Å². The van der Waals surface area contributed by atoms with Gasteiger partial charge in [0.25, 0.3) is 0 Å². The van der Waals surface area contributed by atoms with Crippen LogP contribution in [0, 0.1) is 10.1 Å². The van der Waals surface area contributed by atoms with Crippen LogP contribution in [-0.4, -0.2) is 41.8 Å². The fraction of sp³-hybridized carbons (Fsp3) is 0.588. The molecule has 2 saturated heterocycles. The largest absolute Gasteiger partial charge is 0.490 e. The van der Waals surface area contributed by atoms with E-state index >= 15 is 0 Å². The summed E-state index contributed by atoms with van der Waals surface area (Å²) in [6, 6.07) is 6.27. The van der Waals surface area contributed by atoms with Crippen molar-refractivity contribution in [2.45, 2.75) is 49.6 Å². The van der Waals surface area contributed by atoms with Gasteiger partial charge in [-0.15, -0.1) is 11.8 Å². The summed E-state index contributed by atoms with van der Waals surface area (Å²) in [6.07, 6.45) is 4.44. The average Bonchev–Trinajstić information content (AvgIpc) is 2.93. The van der Waals surface area contributed by atoms with Crippen LogP contribution < -0.4 is 15.4 Å². The Bertz CT molecular complexity index is 643. The zero-order valence-corrected chi connectivity index (χ0v) is 15.0. The van der Waals surface area contributed by atoms with Gasteiger partial charge in [0.2, 0.25) is 5.91 Å². The Labute approximate surface area is 151 Å². The molecule has 2 aliphatic rings. The highest BCUT2D eigenvalue weighted by Gasteiger charge is 2.33. The van der Waals surface area contributed by atoms with Gasteiger partial charge in [-0.05, 0) is 37.3 Å². The minimum atomic E-state index is -0.453. The molecule has 1 aromatic rings. The van der Waals surface area contributed by atoms with Crippen molar-refractivity contribution in [2.24, 2.45) is 0 Å². The van der Waals surface area contributed by atoms with Crippen LogP contribution in [0.3, 0.4) is 0 Å². The summed E-state index contributed by atoms with van der Waals surface area (Å²) in [6.45, 7) is 0. The molecule has 7 nitrogen and oxygen atoms in total. The molecular weight excluding hydrogens is 342 g/mol. The van der Waals surface area contributed by atoms with Crippen molar-refractivity contribution in [3.8, 4) is 5.75 Å². The topological polar surface area (TPSA) is 93.5 Å². The van der Waals surface area contributed by atoms with E-state index in [0.717, 1.165) is 18.4 Å². The van der Waals surface area contributed by atoms with Crippen LogP contribution in [0.15, 0.2) is 18.2 Å². The molecule has 136 valence electrons. The van der Waals surface area contributed by atoms with E-state index in [-0.39, 0.29) is 23.4 Å². The number of methoxy groups -OCH3 is 1. The van der Waals surface area contributed by atoms with Gasteiger partial charge < -0.3 is 15.4 Å². The van der Waals surface area contributed by atoms with Gasteiger partial charge in [0.1, 0.15) is 0 Å². The molecule has 0 radical (unpaired) electrons. The molecule has 2 unspecified atom stereocenters. The summed E-state index contributed by atoms with van der Waals surface area (Å²) >= 11 is 1.46. The van der Waals surface area contributed by atoms with Crippen molar-refractivity contribution < 1.29 is 14.5 Å². The molecule has 0 aromatic heterocycles. The Morgan fingerprint density at radius 3 is 2.76 bits per heavy atom. The number of nitrogens with one attached hydrogen (secondary N) is 2. The highest BCUT2D eigenvalue weighted by molar-refractivity contribution is 7.99. The first-order chi connectivity index (χ1) is 12.0. The molecule has 2 bridgehead atoms. The van der Waals surface area contributed by atoms with E-state index in [0.29, 0.717) is 23.6 Å². The molecule has 0 spiro atoms. The summed E-state index contributed by atoms with van der Waals surface area (Å²) in [4.78, 5) is 22.7. The number of fused-ring (bicyclic) bond motifs is 2. The third kappa shape index (κ3) is 4.64. The average molecular weight is 365 g/mol. The van der Waals surface area contributed by atoms with Gasteiger partial charge in [-0.2, -0.15) is 0 Å². The maximum Gasteiger partial charge on any atom is 0.311 e. The first-order valence-corrected chi connectivity index (χ1v) is 9.65. The monoisotopic (exact) mass is 365 g/mol. The molecule has 2 N–H and O–H groups in total. The molecule has 0 aliphatic carbocycles. The molecule has 8 heteroatoms. The van der Waals surface area contributed by atoms with Gasteiger partial charge >= 0.3 is 5.69 Å². The summed E-state index contributed by atoms with van der Waals surface area (Å²) in [7, 11) is 1.41. The van der Waals surface area contributed by atoms with Crippen molar-refractivity contribution in [1.29, 1.82) is 0 Å². The van der Waals surface area contributed by atoms with Crippen LogP contribution in [-0.2, 0) is 10.5 Å². The van der Waals surface area contributed by atoms with Gasteiger partial charge in [-0.1, -0.05) is 6.07 Å². The minimum Gasteiger partial charge on any atom is -0.490 e. The maximum atomic E-state index is 12.1. The Balaban J connectivity index is 1.45. The van der Waals surface area contributed by atoms with E-state index in [1.807, 2.05) is 0 Å². The van der Waals surface area contributed by atoms with E-state index < -0.39 is 4.92 Å². The number of nitro groups is 1. The molecule has 1 aromatic carbocycles. The highest BCUT2D eigenvalue weighted by atomic mass is 32.2. The predicted octanol–water partition coefficient (Wildman–Crippen LogP) is 2.24. The second-order valence-electron chi connectivity index (χ2n) is 6.63. The number of carbonyl (C=O) groups excluding carboxylic acids is 1. The zero-order valence-electron chi connectivity index (χ0n) is 14.2. The number of thioether (sulfide) groups is 1. The lowest BCUT2D eigenvalue weighted by molar-refractivity contribution is -0.385. The van der Waals surface area contributed by atoms with Crippen molar-refractivity contribution in [3.63, 3.8) is 0 Å². The number of rotatable bonds is 7. The van der Waals surface area contributed by atoms with Crippen LogP contribution in [0.1, 0.15) is 31.2 Å². The van der Waals surface area contributed by atoms with E-state index in [1.165, 1.54) is 37.8 Å². The SMILES string of the molecule is COc1ccc(CSCC(=O)NC2CC3CCC(C2)N3)cc1[N+](=O)[O-]. The Morgan fingerprint density at radius 1 is 1.40 bits per heavy atom. The number of hydrogen-bond donors (Lipinski definition) is 2. The third-order valence-corrected chi connectivity index (χ3v) is 5.78. The molecule has 25 heavy (non-hydrogen) atoms. The predicted molar refractivity (Wildman–Crippen MR) is 96.9 cm³/mol.